The zero-order valence-electron chi connectivity index (χ0n) is 9.75. The fourth-order valence-electron chi connectivity index (χ4n) is 1.37. The van der Waals surface area contributed by atoms with Crippen molar-refractivity contribution in [3.8, 4) is 0 Å². The first-order chi connectivity index (χ1) is 7.63. The van der Waals surface area contributed by atoms with E-state index in [1.54, 1.807) is 0 Å². The highest BCUT2D eigenvalue weighted by molar-refractivity contribution is 9.09. The van der Waals surface area contributed by atoms with Gasteiger partial charge < -0.3 is 4.74 Å². The van der Waals surface area contributed by atoms with E-state index < -0.39 is 0 Å². The monoisotopic (exact) mass is 304 g/mol. The largest absolute Gasteiger partial charge is 0.376 e. The maximum Gasteiger partial charge on any atom is 0.0717 e. The highest BCUT2D eigenvalue weighted by Gasteiger charge is 2.11. The molecule has 0 aliphatic carbocycles. The van der Waals surface area contributed by atoms with Crippen molar-refractivity contribution in [2.75, 3.05) is 11.9 Å². The maximum absolute atomic E-state index is 5.90. The molecule has 1 nitrogen and oxygen atoms in total. The summed E-state index contributed by atoms with van der Waals surface area (Å²) < 4.78 is 5.70. The van der Waals surface area contributed by atoms with E-state index in [0.717, 1.165) is 22.5 Å². The quantitative estimate of drug-likeness (QED) is 0.702. The Hall–Kier alpha value is -0.0500. The molecule has 16 heavy (non-hydrogen) atoms. The van der Waals surface area contributed by atoms with Gasteiger partial charge in [0.2, 0.25) is 0 Å². The van der Waals surface area contributed by atoms with Crippen LogP contribution in [0.3, 0.4) is 0 Å². The van der Waals surface area contributed by atoms with Gasteiger partial charge in [-0.15, -0.1) is 0 Å². The molecule has 0 aromatic heterocycles. The fraction of sp³-hybridized carbons (Fsp3) is 0.538. The Balaban J connectivity index is 2.35. The molecule has 1 aromatic carbocycles. The first kappa shape index (κ1) is 14.0. The minimum absolute atomic E-state index is 0.569. The van der Waals surface area contributed by atoms with Crippen LogP contribution < -0.4 is 0 Å². The number of hydrogen-bond acceptors (Lipinski definition) is 1. The Labute approximate surface area is 111 Å². The van der Waals surface area contributed by atoms with E-state index in [-0.39, 0.29) is 0 Å². The number of halogens is 2. The lowest BCUT2D eigenvalue weighted by Gasteiger charge is -2.18. The van der Waals surface area contributed by atoms with Crippen LogP contribution >= 0.6 is 27.5 Å². The summed E-state index contributed by atoms with van der Waals surface area (Å²) in [5.41, 5.74) is 1.13. The van der Waals surface area contributed by atoms with Crippen molar-refractivity contribution >= 4 is 27.5 Å². The minimum Gasteiger partial charge on any atom is -0.376 e. The summed E-state index contributed by atoms with van der Waals surface area (Å²) in [5.74, 6) is 1.21. The molecule has 1 atom stereocenters. The lowest BCUT2D eigenvalue weighted by atomic mass is 9.99. The third kappa shape index (κ3) is 4.86. The van der Waals surface area contributed by atoms with E-state index >= 15 is 0 Å². The van der Waals surface area contributed by atoms with Crippen LogP contribution in [0, 0.1) is 11.8 Å². The van der Waals surface area contributed by atoms with Gasteiger partial charge in [-0.1, -0.05) is 53.5 Å². The summed E-state index contributed by atoms with van der Waals surface area (Å²) in [6.07, 6.45) is 0. The highest BCUT2D eigenvalue weighted by Crippen LogP contribution is 2.16. The number of rotatable bonds is 6. The van der Waals surface area contributed by atoms with Gasteiger partial charge in [0.1, 0.15) is 0 Å². The summed E-state index contributed by atoms with van der Waals surface area (Å²) in [7, 11) is 0. The molecule has 0 amide bonds. The Morgan fingerprint density at radius 1 is 1.38 bits per heavy atom. The van der Waals surface area contributed by atoms with E-state index in [0.29, 0.717) is 18.4 Å². The summed E-state index contributed by atoms with van der Waals surface area (Å²) in [6.45, 7) is 5.86. The van der Waals surface area contributed by atoms with Gasteiger partial charge in [-0.25, -0.2) is 0 Å². The van der Waals surface area contributed by atoms with Crippen molar-refractivity contribution in [3.05, 3.63) is 34.9 Å². The van der Waals surface area contributed by atoms with Gasteiger partial charge in [-0.3, -0.25) is 0 Å². The van der Waals surface area contributed by atoms with Crippen LogP contribution in [0.4, 0.5) is 0 Å². The van der Waals surface area contributed by atoms with Gasteiger partial charge in [0.15, 0.2) is 0 Å². The molecule has 0 heterocycles. The molecule has 0 bridgehead atoms. The molecule has 0 radical (unpaired) electrons. The standard InChI is InChI=1S/C13H18BrClO/c1-10(2)12(7-14)9-16-8-11-4-3-5-13(15)6-11/h3-6,10,12H,7-9H2,1-2H3. The summed E-state index contributed by atoms with van der Waals surface area (Å²) in [6, 6.07) is 7.80. The molecule has 90 valence electrons. The van der Waals surface area contributed by atoms with Crippen LogP contribution in [-0.2, 0) is 11.3 Å². The summed E-state index contributed by atoms with van der Waals surface area (Å²) in [5, 5.41) is 1.75. The van der Waals surface area contributed by atoms with Gasteiger partial charge in [0, 0.05) is 10.4 Å². The first-order valence-electron chi connectivity index (χ1n) is 5.51. The Morgan fingerprint density at radius 3 is 2.69 bits per heavy atom. The summed E-state index contributed by atoms with van der Waals surface area (Å²) in [4.78, 5) is 0. The third-order valence-corrected chi connectivity index (χ3v) is 3.70. The lowest BCUT2D eigenvalue weighted by molar-refractivity contribution is 0.0800. The zero-order valence-corrected chi connectivity index (χ0v) is 12.1. The molecule has 0 fully saturated rings. The van der Waals surface area contributed by atoms with E-state index in [4.69, 9.17) is 16.3 Å². The highest BCUT2D eigenvalue weighted by atomic mass is 79.9. The number of hydrogen-bond donors (Lipinski definition) is 0. The van der Waals surface area contributed by atoms with E-state index in [2.05, 4.69) is 29.8 Å². The van der Waals surface area contributed by atoms with Crippen molar-refractivity contribution < 1.29 is 4.74 Å². The fourth-order valence-corrected chi connectivity index (χ4v) is 2.52. The van der Waals surface area contributed by atoms with Crippen molar-refractivity contribution in [2.45, 2.75) is 20.5 Å². The zero-order chi connectivity index (χ0) is 12.0. The second kappa shape index (κ2) is 7.31. The second-order valence-corrected chi connectivity index (χ2v) is 5.39. The van der Waals surface area contributed by atoms with E-state index in [1.165, 1.54) is 0 Å². The molecular weight excluding hydrogens is 287 g/mol. The van der Waals surface area contributed by atoms with E-state index in [9.17, 15) is 0 Å². The predicted molar refractivity (Wildman–Crippen MR) is 73.2 cm³/mol. The third-order valence-electron chi connectivity index (χ3n) is 2.63. The van der Waals surface area contributed by atoms with Gasteiger partial charge in [0.25, 0.3) is 0 Å². The molecule has 0 spiro atoms. The Bertz CT molecular complexity index is 315. The van der Waals surface area contributed by atoms with Crippen molar-refractivity contribution in [1.29, 1.82) is 0 Å². The second-order valence-electron chi connectivity index (χ2n) is 4.30. The number of benzene rings is 1. The van der Waals surface area contributed by atoms with Crippen LogP contribution in [0.1, 0.15) is 19.4 Å². The maximum atomic E-state index is 5.90. The molecule has 0 saturated carbocycles. The summed E-state index contributed by atoms with van der Waals surface area (Å²) >= 11 is 9.41. The first-order valence-corrected chi connectivity index (χ1v) is 7.01. The van der Waals surface area contributed by atoms with Gasteiger partial charge >= 0.3 is 0 Å². The van der Waals surface area contributed by atoms with Crippen LogP contribution in [0.25, 0.3) is 0 Å². The normalized spacial score (nSPS) is 13.1. The molecule has 0 aliphatic heterocycles. The topological polar surface area (TPSA) is 9.23 Å². The van der Waals surface area contributed by atoms with Gasteiger partial charge in [-0.05, 0) is 29.5 Å². The van der Waals surface area contributed by atoms with Gasteiger partial charge in [-0.2, -0.15) is 0 Å². The van der Waals surface area contributed by atoms with E-state index in [1.807, 2.05) is 24.3 Å². The van der Waals surface area contributed by atoms with Crippen LogP contribution in [0.2, 0.25) is 5.02 Å². The Morgan fingerprint density at radius 2 is 2.12 bits per heavy atom. The van der Waals surface area contributed by atoms with Gasteiger partial charge in [0.05, 0.1) is 13.2 Å². The van der Waals surface area contributed by atoms with Crippen LogP contribution in [-0.4, -0.2) is 11.9 Å². The minimum atomic E-state index is 0.569. The van der Waals surface area contributed by atoms with Crippen molar-refractivity contribution in [1.82, 2.24) is 0 Å². The molecule has 3 heteroatoms. The molecule has 1 rings (SSSR count). The molecule has 0 aliphatic rings. The lowest BCUT2D eigenvalue weighted by Crippen LogP contribution is -2.17. The Kier molecular flexibility index (Phi) is 6.40. The molecule has 1 unspecified atom stereocenters. The average molecular weight is 306 g/mol. The smallest absolute Gasteiger partial charge is 0.0717 e. The molecular formula is C13H18BrClO. The number of ether oxygens (including phenoxy) is 1. The molecule has 0 saturated heterocycles. The number of alkyl halides is 1. The predicted octanol–water partition coefficient (Wildman–Crippen LogP) is 4.52. The van der Waals surface area contributed by atoms with Crippen molar-refractivity contribution in [2.24, 2.45) is 11.8 Å². The average Bonchev–Trinajstić information content (AvgIpc) is 2.24. The van der Waals surface area contributed by atoms with Crippen molar-refractivity contribution in [3.63, 3.8) is 0 Å². The SMILES string of the molecule is CC(C)C(CBr)COCc1cccc(Cl)c1. The molecule has 1 aromatic rings. The molecule has 0 N–H and O–H groups in total. The van der Waals surface area contributed by atoms with Crippen LogP contribution in [0.5, 0.6) is 0 Å². The van der Waals surface area contributed by atoms with Crippen LogP contribution in [0.15, 0.2) is 24.3 Å².